The maximum Gasteiger partial charge on any atom is 0.323 e. The third-order valence-corrected chi connectivity index (χ3v) is 4.42. The highest BCUT2D eigenvalue weighted by atomic mass is 16.5. The molecule has 2 saturated heterocycles. The van der Waals surface area contributed by atoms with Gasteiger partial charge in [0.25, 0.3) is 5.91 Å². The molecule has 0 unspecified atom stereocenters. The van der Waals surface area contributed by atoms with Crippen molar-refractivity contribution in [2.24, 2.45) is 0 Å². The van der Waals surface area contributed by atoms with Crippen molar-refractivity contribution in [1.29, 1.82) is 0 Å². The van der Waals surface area contributed by atoms with Crippen molar-refractivity contribution in [3.05, 3.63) is 34.9 Å². The predicted octanol–water partition coefficient (Wildman–Crippen LogP) is 1.38. The molecule has 1 atom stereocenters. The number of cyclic esters (lactones) is 1. The van der Waals surface area contributed by atoms with E-state index >= 15 is 0 Å². The van der Waals surface area contributed by atoms with Crippen LogP contribution < -0.4 is 0 Å². The summed E-state index contributed by atoms with van der Waals surface area (Å²) in [5.41, 5.74) is 2.97. The SMILES string of the molecule is Cc1cc(C)cc(C(=O)N2CCN([C@@H]3CCOC3=O)CC2)c1. The zero-order chi connectivity index (χ0) is 15.7. The second-order valence-electron chi connectivity index (χ2n) is 6.18. The number of aryl methyl sites for hydroxylation is 2. The van der Waals surface area contributed by atoms with Gasteiger partial charge in [0.1, 0.15) is 6.04 Å². The molecular weight excluding hydrogens is 280 g/mol. The van der Waals surface area contributed by atoms with Gasteiger partial charge in [-0.25, -0.2) is 0 Å². The van der Waals surface area contributed by atoms with Gasteiger partial charge in [-0.3, -0.25) is 14.5 Å². The fraction of sp³-hybridized carbons (Fsp3) is 0.529. The number of carbonyl (C=O) groups excluding carboxylic acids is 2. The van der Waals surface area contributed by atoms with Gasteiger partial charge in [-0.05, 0) is 26.0 Å². The fourth-order valence-corrected chi connectivity index (χ4v) is 3.33. The molecule has 118 valence electrons. The van der Waals surface area contributed by atoms with Gasteiger partial charge >= 0.3 is 5.97 Å². The molecule has 2 aliphatic heterocycles. The molecule has 5 heteroatoms. The quantitative estimate of drug-likeness (QED) is 0.775. The summed E-state index contributed by atoms with van der Waals surface area (Å²) in [5, 5.41) is 0. The third-order valence-electron chi connectivity index (χ3n) is 4.42. The van der Waals surface area contributed by atoms with Crippen LogP contribution in [0.25, 0.3) is 0 Å². The molecular formula is C17H22N2O3. The first-order valence-electron chi connectivity index (χ1n) is 7.83. The Kier molecular flexibility index (Phi) is 4.16. The van der Waals surface area contributed by atoms with Crippen LogP contribution in [0.4, 0.5) is 0 Å². The topological polar surface area (TPSA) is 49.9 Å². The van der Waals surface area contributed by atoms with E-state index in [1.807, 2.05) is 30.9 Å². The molecule has 22 heavy (non-hydrogen) atoms. The molecule has 0 N–H and O–H groups in total. The molecule has 0 aromatic heterocycles. The summed E-state index contributed by atoms with van der Waals surface area (Å²) in [5.74, 6) is -0.0328. The number of carbonyl (C=O) groups is 2. The van der Waals surface area contributed by atoms with Crippen molar-refractivity contribution in [2.45, 2.75) is 26.3 Å². The number of hydrogen-bond acceptors (Lipinski definition) is 4. The third kappa shape index (κ3) is 2.99. The molecule has 0 aliphatic carbocycles. The minimum atomic E-state index is -0.117. The summed E-state index contributed by atoms with van der Waals surface area (Å²) >= 11 is 0. The highest BCUT2D eigenvalue weighted by Gasteiger charge is 2.34. The van der Waals surface area contributed by atoms with Crippen LogP contribution in [-0.2, 0) is 9.53 Å². The van der Waals surface area contributed by atoms with E-state index in [0.717, 1.165) is 36.2 Å². The maximum atomic E-state index is 12.6. The van der Waals surface area contributed by atoms with Gasteiger partial charge in [0, 0.05) is 38.2 Å². The highest BCUT2D eigenvalue weighted by molar-refractivity contribution is 5.94. The Morgan fingerprint density at radius 2 is 1.73 bits per heavy atom. The largest absolute Gasteiger partial charge is 0.464 e. The van der Waals surface area contributed by atoms with Crippen LogP contribution in [0.1, 0.15) is 27.9 Å². The van der Waals surface area contributed by atoms with Crippen LogP contribution >= 0.6 is 0 Å². The van der Waals surface area contributed by atoms with Gasteiger partial charge in [0.15, 0.2) is 0 Å². The van der Waals surface area contributed by atoms with Crippen molar-refractivity contribution in [3.63, 3.8) is 0 Å². The summed E-state index contributed by atoms with van der Waals surface area (Å²) in [7, 11) is 0. The smallest absolute Gasteiger partial charge is 0.323 e. The number of rotatable bonds is 2. The molecule has 1 aromatic carbocycles. The van der Waals surface area contributed by atoms with Gasteiger partial charge in [0.05, 0.1) is 6.61 Å². The lowest BCUT2D eigenvalue weighted by Crippen LogP contribution is -2.53. The summed E-state index contributed by atoms with van der Waals surface area (Å²) in [4.78, 5) is 28.3. The number of ether oxygens (including phenoxy) is 1. The molecule has 2 fully saturated rings. The van der Waals surface area contributed by atoms with Crippen molar-refractivity contribution in [2.75, 3.05) is 32.8 Å². The van der Waals surface area contributed by atoms with Crippen LogP contribution in [0.15, 0.2) is 18.2 Å². The molecule has 3 rings (SSSR count). The van der Waals surface area contributed by atoms with E-state index in [9.17, 15) is 9.59 Å². The second-order valence-corrected chi connectivity index (χ2v) is 6.18. The Morgan fingerprint density at radius 3 is 2.27 bits per heavy atom. The molecule has 5 nitrogen and oxygen atoms in total. The number of amides is 1. The Morgan fingerprint density at radius 1 is 1.09 bits per heavy atom. The molecule has 2 aliphatic rings. The minimum absolute atomic E-state index is 0.0837. The lowest BCUT2D eigenvalue weighted by Gasteiger charge is -2.36. The first kappa shape index (κ1) is 15.0. The van der Waals surface area contributed by atoms with Gasteiger partial charge in [-0.2, -0.15) is 0 Å². The van der Waals surface area contributed by atoms with Crippen molar-refractivity contribution >= 4 is 11.9 Å². The normalized spacial score (nSPS) is 22.7. The van der Waals surface area contributed by atoms with Crippen LogP contribution in [0.5, 0.6) is 0 Å². The van der Waals surface area contributed by atoms with Crippen molar-refractivity contribution in [1.82, 2.24) is 9.80 Å². The second kappa shape index (κ2) is 6.08. The standard InChI is InChI=1S/C17H22N2O3/c1-12-9-13(2)11-14(10-12)16(20)19-6-4-18(5-7-19)15-3-8-22-17(15)21/h9-11,15H,3-8H2,1-2H3/t15-/m1/s1. The number of hydrogen-bond donors (Lipinski definition) is 0. The molecule has 0 bridgehead atoms. The molecule has 0 saturated carbocycles. The summed E-state index contributed by atoms with van der Waals surface area (Å²) < 4.78 is 5.03. The molecule has 1 aromatic rings. The van der Waals surface area contributed by atoms with E-state index in [1.165, 1.54) is 0 Å². The van der Waals surface area contributed by atoms with E-state index in [1.54, 1.807) is 0 Å². The Labute approximate surface area is 130 Å². The molecule has 0 spiro atoms. The van der Waals surface area contributed by atoms with Crippen LogP contribution in [0.3, 0.4) is 0 Å². The Balaban J connectivity index is 1.63. The monoisotopic (exact) mass is 302 g/mol. The average Bonchev–Trinajstić information content (AvgIpc) is 2.92. The van der Waals surface area contributed by atoms with Crippen LogP contribution in [0.2, 0.25) is 0 Å². The Hall–Kier alpha value is -1.88. The van der Waals surface area contributed by atoms with Gasteiger partial charge in [-0.1, -0.05) is 17.2 Å². The van der Waals surface area contributed by atoms with Crippen LogP contribution in [-0.4, -0.2) is 60.5 Å². The first-order chi connectivity index (χ1) is 10.5. The zero-order valence-corrected chi connectivity index (χ0v) is 13.2. The summed E-state index contributed by atoms with van der Waals surface area (Å²) in [6.45, 7) is 7.32. The summed E-state index contributed by atoms with van der Waals surface area (Å²) in [6, 6.07) is 5.84. The molecule has 2 heterocycles. The first-order valence-corrected chi connectivity index (χ1v) is 7.83. The number of nitrogens with zero attached hydrogens (tertiary/aromatic N) is 2. The highest BCUT2D eigenvalue weighted by Crippen LogP contribution is 2.18. The minimum Gasteiger partial charge on any atom is -0.464 e. The summed E-state index contributed by atoms with van der Waals surface area (Å²) in [6.07, 6.45) is 0.768. The molecule has 1 amide bonds. The van der Waals surface area contributed by atoms with E-state index in [2.05, 4.69) is 11.0 Å². The Bertz CT molecular complexity index is 571. The lowest BCUT2D eigenvalue weighted by molar-refractivity contribution is -0.142. The van der Waals surface area contributed by atoms with Gasteiger partial charge < -0.3 is 9.64 Å². The van der Waals surface area contributed by atoms with E-state index in [4.69, 9.17) is 4.74 Å². The van der Waals surface area contributed by atoms with E-state index in [0.29, 0.717) is 19.7 Å². The van der Waals surface area contributed by atoms with Gasteiger partial charge in [-0.15, -0.1) is 0 Å². The van der Waals surface area contributed by atoms with Crippen molar-refractivity contribution in [3.8, 4) is 0 Å². The zero-order valence-electron chi connectivity index (χ0n) is 13.2. The number of benzene rings is 1. The number of piperazine rings is 1. The van der Waals surface area contributed by atoms with Gasteiger partial charge in [0.2, 0.25) is 0 Å². The maximum absolute atomic E-state index is 12.6. The van der Waals surface area contributed by atoms with E-state index in [-0.39, 0.29) is 17.9 Å². The fourth-order valence-electron chi connectivity index (χ4n) is 3.33. The number of esters is 1. The van der Waals surface area contributed by atoms with Crippen molar-refractivity contribution < 1.29 is 14.3 Å². The van der Waals surface area contributed by atoms with Crippen LogP contribution in [0, 0.1) is 13.8 Å². The average molecular weight is 302 g/mol. The molecule has 0 radical (unpaired) electrons. The van der Waals surface area contributed by atoms with E-state index < -0.39 is 0 Å². The lowest BCUT2D eigenvalue weighted by atomic mass is 10.1. The predicted molar refractivity (Wildman–Crippen MR) is 82.8 cm³/mol.